The number of furan rings is 1. The summed E-state index contributed by atoms with van der Waals surface area (Å²) in [5.41, 5.74) is 2.99. The Labute approximate surface area is 194 Å². The lowest BCUT2D eigenvalue weighted by atomic mass is 10.0. The van der Waals surface area contributed by atoms with E-state index in [0.717, 1.165) is 32.8 Å². The highest BCUT2D eigenvalue weighted by Gasteiger charge is 2.41. The number of thiocarbonyl (C=S) groups is 1. The minimum Gasteiger partial charge on any atom is -0.469 e. The molecule has 1 aliphatic rings. The number of ether oxygens (including phenoxy) is 1. The van der Waals surface area contributed by atoms with E-state index in [9.17, 15) is 4.79 Å². The number of esters is 1. The number of rotatable bonds is 6. The number of hydrogen-bond donors (Lipinski definition) is 1. The lowest BCUT2D eigenvalue weighted by Crippen LogP contribution is -2.31. The van der Waals surface area contributed by atoms with E-state index in [2.05, 4.69) is 32.3 Å². The maximum absolute atomic E-state index is 11.8. The third-order valence-corrected chi connectivity index (χ3v) is 6.30. The molecule has 1 N–H and O–H groups in total. The van der Waals surface area contributed by atoms with E-state index in [1.807, 2.05) is 54.3 Å². The summed E-state index contributed by atoms with van der Waals surface area (Å²) < 4.78 is 12.1. The number of carbonyl (C=O) groups excluding carboxylic acids is 1. The van der Waals surface area contributed by atoms with Crippen molar-refractivity contribution < 1.29 is 13.9 Å². The van der Waals surface area contributed by atoms with Crippen LogP contribution in [0.2, 0.25) is 0 Å². The third-order valence-electron chi connectivity index (χ3n) is 5.29. The smallest absolute Gasteiger partial charge is 0.307 e. The first-order chi connectivity index (χ1) is 15.0. The SMILES string of the molecule is COC(=O)CCN1C(=S)N[C@@H](c2ccccn2)[C@H]1c1ccc(-c2ccc(C)cc2Br)o1. The molecular weight excluding hydrogens is 478 g/mol. The van der Waals surface area contributed by atoms with Crippen molar-refractivity contribution >= 4 is 39.2 Å². The van der Waals surface area contributed by atoms with Crippen LogP contribution in [0.5, 0.6) is 0 Å². The Balaban J connectivity index is 1.70. The Morgan fingerprint density at radius 1 is 1.29 bits per heavy atom. The monoisotopic (exact) mass is 499 g/mol. The molecule has 0 spiro atoms. The van der Waals surface area contributed by atoms with Crippen LogP contribution in [0, 0.1) is 6.92 Å². The predicted molar refractivity (Wildman–Crippen MR) is 125 cm³/mol. The summed E-state index contributed by atoms with van der Waals surface area (Å²) in [4.78, 5) is 18.3. The molecule has 3 heterocycles. The molecule has 6 nitrogen and oxygen atoms in total. The van der Waals surface area contributed by atoms with Gasteiger partial charge in [-0.05, 0) is 61.1 Å². The van der Waals surface area contributed by atoms with Crippen molar-refractivity contribution in [1.29, 1.82) is 0 Å². The van der Waals surface area contributed by atoms with Crippen molar-refractivity contribution in [2.75, 3.05) is 13.7 Å². The van der Waals surface area contributed by atoms with Gasteiger partial charge in [0.15, 0.2) is 5.11 Å². The second-order valence-corrected chi connectivity index (χ2v) is 8.57. The van der Waals surface area contributed by atoms with Crippen molar-refractivity contribution in [1.82, 2.24) is 15.2 Å². The van der Waals surface area contributed by atoms with Gasteiger partial charge in [-0.25, -0.2) is 0 Å². The number of aryl methyl sites for hydroxylation is 1. The molecule has 1 aromatic carbocycles. The van der Waals surface area contributed by atoms with E-state index in [1.165, 1.54) is 7.11 Å². The highest BCUT2D eigenvalue weighted by Crippen LogP contribution is 2.41. The number of carbonyl (C=O) groups is 1. The van der Waals surface area contributed by atoms with E-state index >= 15 is 0 Å². The predicted octanol–water partition coefficient (Wildman–Crippen LogP) is 4.95. The summed E-state index contributed by atoms with van der Waals surface area (Å²) in [7, 11) is 1.38. The van der Waals surface area contributed by atoms with Crippen LogP contribution in [0.4, 0.5) is 0 Å². The van der Waals surface area contributed by atoms with Crippen molar-refractivity contribution in [3.05, 3.63) is 76.2 Å². The third kappa shape index (κ3) is 4.50. The molecule has 0 aliphatic carbocycles. The van der Waals surface area contributed by atoms with Gasteiger partial charge in [0, 0.05) is 22.8 Å². The highest BCUT2D eigenvalue weighted by molar-refractivity contribution is 9.10. The molecule has 0 unspecified atom stereocenters. The van der Waals surface area contributed by atoms with Crippen LogP contribution in [-0.4, -0.2) is 34.6 Å². The topological polar surface area (TPSA) is 67.6 Å². The fourth-order valence-electron chi connectivity index (χ4n) is 3.75. The van der Waals surface area contributed by atoms with Crippen molar-refractivity contribution in [2.24, 2.45) is 0 Å². The average Bonchev–Trinajstić information content (AvgIpc) is 3.37. The number of hydrogen-bond acceptors (Lipinski definition) is 5. The molecule has 0 saturated carbocycles. The molecule has 1 aliphatic heterocycles. The molecule has 1 saturated heterocycles. The molecule has 2 atom stereocenters. The maximum Gasteiger partial charge on any atom is 0.307 e. The number of halogens is 1. The standard InChI is InChI=1S/C23H22BrN3O3S/c1-14-6-7-15(16(24)13-14)18-8-9-19(30-18)22-21(17-5-3-4-11-25-17)26-23(31)27(22)12-10-20(28)29-2/h3-9,11,13,21-22H,10,12H2,1-2H3,(H,26,31)/t21-,22+/m0/s1. The summed E-state index contributed by atoms with van der Waals surface area (Å²) >= 11 is 9.23. The zero-order valence-electron chi connectivity index (χ0n) is 17.2. The van der Waals surface area contributed by atoms with Gasteiger partial charge < -0.3 is 19.4 Å². The van der Waals surface area contributed by atoms with Gasteiger partial charge in [-0.3, -0.25) is 9.78 Å². The number of benzene rings is 1. The Bertz CT molecular complexity index is 1100. The number of nitrogens with zero attached hydrogens (tertiary/aromatic N) is 2. The van der Waals surface area contributed by atoms with Crippen molar-refractivity contribution in [3.63, 3.8) is 0 Å². The fraction of sp³-hybridized carbons (Fsp3) is 0.261. The van der Waals surface area contributed by atoms with Gasteiger partial charge in [0.25, 0.3) is 0 Å². The van der Waals surface area contributed by atoms with Crippen molar-refractivity contribution in [3.8, 4) is 11.3 Å². The molecule has 3 aromatic rings. The molecule has 0 bridgehead atoms. The summed E-state index contributed by atoms with van der Waals surface area (Å²) in [6, 6.07) is 15.4. The average molecular weight is 500 g/mol. The second kappa shape index (κ2) is 9.20. The van der Waals surface area contributed by atoms with E-state index in [1.54, 1.807) is 6.20 Å². The Kier molecular flexibility index (Phi) is 6.38. The lowest BCUT2D eigenvalue weighted by molar-refractivity contribution is -0.140. The molecule has 4 rings (SSSR count). The molecule has 31 heavy (non-hydrogen) atoms. The maximum atomic E-state index is 11.8. The number of pyridine rings is 1. The minimum atomic E-state index is -0.286. The van der Waals surface area contributed by atoms with Crippen LogP contribution in [0.3, 0.4) is 0 Å². The molecule has 0 amide bonds. The van der Waals surface area contributed by atoms with Gasteiger partial charge in [0.1, 0.15) is 17.6 Å². The van der Waals surface area contributed by atoms with Crippen LogP contribution in [0.1, 0.15) is 35.5 Å². The van der Waals surface area contributed by atoms with Gasteiger partial charge in [-0.2, -0.15) is 0 Å². The van der Waals surface area contributed by atoms with Crippen LogP contribution in [0.25, 0.3) is 11.3 Å². The molecule has 8 heteroatoms. The first-order valence-electron chi connectivity index (χ1n) is 9.89. The van der Waals surface area contributed by atoms with Crippen LogP contribution < -0.4 is 5.32 Å². The summed E-state index contributed by atoms with van der Waals surface area (Å²) in [6.07, 6.45) is 1.98. The van der Waals surface area contributed by atoms with E-state index in [0.29, 0.717) is 11.7 Å². The second-order valence-electron chi connectivity index (χ2n) is 7.33. The summed E-state index contributed by atoms with van der Waals surface area (Å²) in [5, 5.41) is 3.91. The first-order valence-corrected chi connectivity index (χ1v) is 11.1. The van der Waals surface area contributed by atoms with E-state index in [-0.39, 0.29) is 24.5 Å². The fourth-order valence-corrected chi connectivity index (χ4v) is 4.77. The van der Waals surface area contributed by atoms with Gasteiger partial charge in [-0.15, -0.1) is 0 Å². The van der Waals surface area contributed by atoms with Gasteiger partial charge in [0.05, 0.1) is 25.3 Å². The highest BCUT2D eigenvalue weighted by atomic mass is 79.9. The molecule has 0 radical (unpaired) electrons. The lowest BCUT2D eigenvalue weighted by Gasteiger charge is -2.25. The molecule has 2 aromatic heterocycles. The van der Waals surface area contributed by atoms with Crippen LogP contribution in [0.15, 0.2) is 63.6 Å². The van der Waals surface area contributed by atoms with E-state index in [4.69, 9.17) is 21.4 Å². The summed E-state index contributed by atoms with van der Waals surface area (Å²) in [5.74, 6) is 1.22. The van der Waals surface area contributed by atoms with Gasteiger partial charge in [-0.1, -0.05) is 28.1 Å². The quantitative estimate of drug-likeness (QED) is 0.380. The Hall–Kier alpha value is -2.71. The zero-order chi connectivity index (χ0) is 22.0. The normalized spacial score (nSPS) is 18.2. The molecule has 160 valence electrons. The zero-order valence-corrected chi connectivity index (χ0v) is 19.6. The first kappa shape index (κ1) is 21.5. The molecule has 1 fully saturated rings. The van der Waals surface area contributed by atoms with Crippen molar-refractivity contribution in [2.45, 2.75) is 25.4 Å². The number of aromatic nitrogens is 1. The minimum absolute atomic E-state index is 0.202. The number of methoxy groups -OCH3 is 1. The van der Waals surface area contributed by atoms with Crippen LogP contribution >= 0.6 is 28.1 Å². The largest absolute Gasteiger partial charge is 0.469 e. The Morgan fingerprint density at radius 3 is 2.84 bits per heavy atom. The van der Waals surface area contributed by atoms with Gasteiger partial charge in [0.2, 0.25) is 0 Å². The molecular formula is C23H22BrN3O3S. The Morgan fingerprint density at radius 2 is 2.13 bits per heavy atom. The summed E-state index contributed by atoms with van der Waals surface area (Å²) in [6.45, 7) is 2.46. The number of nitrogens with one attached hydrogen (secondary N) is 1. The van der Waals surface area contributed by atoms with E-state index < -0.39 is 0 Å². The van der Waals surface area contributed by atoms with Gasteiger partial charge >= 0.3 is 5.97 Å². The van der Waals surface area contributed by atoms with Crippen LogP contribution in [-0.2, 0) is 9.53 Å².